The second-order valence-electron chi connectivity index (χ2n) is 4.37. The molecule has 1 aromatic rings. The van der Waals surface area contributed by atoms with Crippen molar-refractivity contribution in [3.05, 3.63) is 29.8 Å². The molecule has 0 bridgehead atoms. The summed E-state index contributed by atoms with van der Waals surface area (Å²) in [4.78, 5) is 13.4. The van der Waals surface area contributed by atoms with Crippen LogP contribution in [0.25, 0.3) is 0 Å². The summed E-state index contributed by atoms with van der Waals surface area (Å²) in [5, 5.41) is 0. The van der Waals surface area contributed by atoms with Gasteiger partial charge in [-0.2, -0.15) is 0 Å². The molecule has 1 amide bonds. The van der Waals surface area contributed by atoms with Crippen LogP contribution >= 0.6 is 0 Å². The molecule has 1 atom stereocenters. The lowest BCUT2D eigenvalue weighted by Crippen LogP contribution is -2.29. The lowest BCUT2D eigenvalue weighted by atomic mass is 9.97. The first-order valence-corrected chi connectivity index (χ1v) is 6.30. The number of hydrogen-bond acceptors (Lipinski definition) is 3. The first-order chi connectivity index (χ1) is 8.76. The van der Waals surface area contributed by atoms with Gasteiger partial charge in [0.1, 0.15) is 5.75 Å². The maximum atomic E-state index is 11.6. The lowest BCUT2D eigenvalue weighted by Gasteiger charge is -2.17. The van der Waals surface area contributed by atoms with E-state index in [1.807, 2.05) is 25.1 Å². The molecule has 0 N–H and O–H groups in total. The fourth-order valence-corrected chi connectivity index (χ4v) is 2.40. The van der Waals surface area contributed by atoms with Crippen molar-refractivity contribution in [1.29, 1.82) is 0 Å². The van der Waals surface area contributed by atoms with Crippen LogP contribution in [0.3, 0.4) is 0 Å². The summed E-state index contributed by atoms with van der Waals surface area (Å²) < 4.78 is 10.4. The number of methoxy groups -OCH3 is 1. The molecule has 0 saturated carbocycles. The largest absolute Gasteiger partial charge is 0.496 e. The molecule has 2 rings (SSSR count). The minimum absolute atomic E-state index is 0.213. The highest BCUT2D eigenvalue weighted by atomic mass is 16.6. The molecule has 4 heteroatoms. The number of nitrogens with zero attached hydrogens (tertiary/aromatic N) is 1. The Balaban J connectivity index is 2.06. The molecule has 1 aliphatic heterocycles. The third kappa shape index (κ3) is 2.58. The molecule has 1 fully saturated rings. The van der Waals surface area contributed by atoms with Crippen molar-refractivity contribution >= 4 is 6.09 Å². The van der Waals surface area contributed by atoms with Crippen LogP contribution in [0.15, 0.2) is 24.3 Å². The Kier molecular flexibility index (Phi) is 4.07. The van der Waals surface area contributed by atoms with Gasteiger partial charge in [-0.25, -0.2) is 4.79 Å². The maximum absolute atomic E-state index is 11.6. The third-order valence-corrected chi connectivity index (χ3v) is 3.29. The van der Waals surface area contributed by atoms with Gasteiger partial charge in [0, 0.05) is 19.0 Å². The Morgan fingerprint density at radius 3 is 2.94 bits per heavy atom. The van der Waals surface area contributed by atoms with Crippen molar-refractivity contribution in [2.75, 3.05) is 26.8 Å². The molecule has 0 spiro atoms. The minimum Gasteiger partial charge on any atom is -0.496 e. The molecule has 1 saturated heterocycles. The van der Waals surface area contributed by atoms with Crippen LogP contribution in [0.4, 0.5) is 4.79 Å². The summed E-state index contributed by atoms with van der Waals surface area (Å²) in [6, 6.07) is 7.99. The summed E-state index contributed by atoms with van der Waals surface area (Å²) in [6.07, 6.45) is 0.744. The summed E-state index contributed by atoms with van der Waals surface area (Å²) >= 11 is 0. The highest BCUT2D eigenvalue weighted by Crippen LogP contribution is 2.33. The number of likely N-dealkylation sites (tertiary alicyclic amines) is 1. The number of ether oxygens (including phenoxy) is 2. The average Bonchev–Trinajstić information content (AvgIpc) is 2.88. The smallest absolute Gasteiger partial charge is 0.409 e. The van der Waals surface area contributed by atoms with Crippen molar-refractivity contribution in [2.24, 2.45) is 0 Å². The first kappa shape index (κ1) is 12.7. The van der Waals surface area contributed by atoms with E-state index in [2.05, 4.69) is 6.07 Å². The number of carbonyl (C=O) groups is 1. The molecular weight excluding hydrogens is 230 g/mol. The normalized spacial score (nSPS) is 18.8. The first-order valence-electron chi connectivity index (χ1n) is 6.30. The van der Waals surface area contributed by atoms with E-state index in [9.17, 15) is 4.79 Å². The van der Waals surface area contributed by atoms with E-state index in [0.29, 0.717) is 19.1 Å². The molecule has 1 aliphatic rings. The fraction of sp³-hybridized carbons (Fsp3) is 0.500. The van der Waals surface area contributed by atoms with Gasteiger partial charge in [-0.3, -0.25) is 0 Å². The summed E-state index contributed by atoms with van der Waals surface area (Å²) in [5.74, 6) is 1.23. The zero-order chi connectivity index (χ0) is 13.0. The number of hydrogen-bond donors (Lipinski definition) is 0. The highest BCUT2D eigenvalue weighted by Gasteiger charge is 2.29. The van der Waals surface area contributed by atoms with Gasteiger partial charge in [0.05, 0.1) is 13.7 Å². The molecule has 1 unspecified atom stereocenters. The van der Waals surface area contributed by atoms with Gasteiger partial charge in [-0.1, -0.05) is 18.2 Å². The van der Waals surface area contributed by atoms with Crippen LogP contribution in [0, 0.1) is 0 Å². The molecule has 18 heavy (non-hydrogen) atoms. The Morgan fingerprint density at radius 2 is 2.22 bits per heavy atom. The molecule has 1 heterocycles. The predicted octanol–water partition coefficient (Wildman–Crippen LogP) is 2.64. The molecular formula is C14H19NO3. The van der Waals surface area contributed by atoms with Gasteiger partial charge in [-0.15, -0.1) is 0 Å². The molecule has 0 aliphatic carbocycles. The summed E-state index contributed by atoms with van der Waals surface area (Å²) in [5.41, 5.74) is 1.17. The number of rotatable bonds is 3. The molecule has 98 valence electrons. The third-order valence-electron chi connectivity index (χ3n) is 3.29. The van der Waals surface area contributed by atoms with E-state index >= 15 is 0 Å². The van der Waals surface area contributed by atoms with E-state index < -0.39 is 0 Å². The van der Waals surface area contributed by atoms with Crippen LogP contribution in [0.5, 0.6) is 5.75 Å². The van der Waals surface area contributed by atoms with E-state index in [-0.39, 0.29) is 6.09 Å². The zero-order valence-corrected chi connectivity index (χ0v) is 10.9. The fourth-order valence-electron chi connectivity index (χ4n) is 2.40. The van der Waals surface area contributed by atoms with Crippen molar-refractivity contribution in [3.63, 3.8) is 0 Å². The van der Waals surface area contributed by atoms with Crippen LogP contribution in [0.2, 0.25) is 0 Å². The number of benzene rings is 1. The summed E-state index contributed by atoms with van der Waals surface area (Å²) in [7, 11) is 1.68. The van der Waals surface area contributed by atoms with Crippen molar-refractivity contribution in [2.45, 2.75) is 19.3 Å². The second kappa shape index (κ2) is 5.76. The predicted molar refractivity (Wildman–Crippen MR) is 68.9 cm³/mol. The maximum Gasteiger partial charge on any atom is 0.409 e. The van der Waals surface area contributed by atoms with Gasteiger partial charge < -0.3 is 14.4 Å². The van der Waals surface area contributed by atoms with Crippen LogP contribution < -0.4 is 4.74 Å². The molecule has 4 nitrogen and oxygen atoms in total. The van der Waals surface area contributed by atoms with Crippen LogP contribution in [-0.2, 0) is 4.74 Å². The van der Waals surface area contributed by atoms with Crippen LogP contribution in [0.1, 0.15) is 24.8 Å². The second-order valence-corrected chi connectivity index (χ2v) is 4.37. The van der Waals surface area contributed by atoms with Crippen LogP contribution in [-0.4, -0.2) is 37.8 Å². The monoisotopic (exact) mass is 249 g/mol. The summed E-state index contributed by atoms with van der Waals surface area (Å²) in [6.45, 7) is 3.71. The Hall–Kier alpha value is -1.71. The quantitative estimate of drug-likeness (QED) is 0.826. The van der Waals surface area contributed by atoms with E-state index in [0.717, 1.165) is 18.7 Å². The van der Waals surface area contributed by atoms with Crippen molar-refractivity contribution in [1.82, 2.24) is 4.90 Å². The number of para-hydroxylation sites is 1. The van der Waals surface area contributed by atoms with Crippen molar-refractivity contribution < 1.29 is 14.3 Å². The van der Waals surface area contributed by atoms with Gasteiger partial charge >= 0.3 is 6.09 Å². The molecule has 0 aromatic heterocycles. The van der Waals surface area contributed by atoms with Gasteiger partial charge in [-0.05, 0) is 25.0 Å². The van der Waals surface area contributed by atoms with Crippen molar-refractivity contribution in [3.8, 4) is 5.75 Å². The SMILES string of the molecule is CCOC(=O)N1CCC(c2ccccc2OC)C1. The van der Waals surface area contributed by atoms with E-state index in [1.54, 1.807) is 12.0 Å². The lowest BCUT2D eigenvalue weighted by molar-refractivity contribution is 0.115. The topological polar surface area (TPSA) is 38.8 Å². The Morgan fingerprint density at radius 1 is 1.44 bits per heavy atom. The zero-order valence-electron chi connectivity index (χ0n) is 10.9. The van der Waals surface area contributed by atoms with Gasteiger partial charge in [0.25, 0.3) is 0 Å². The Bertz CT molecular complexity index is 419. The Labute approximate surface area is 107 Å². The minimum atomic E-state index is -0.213. The van der Waals surface area contributed by atoms with E-state index in [1.165, 1.54) is 5.56 Å². The number of carbonyl (C=O) groups excluding carboxylic acids is 1. The highest BCUT2D eigenvalue weighted by molar-refractivity contribution is 5.68. The molecule has 0 radical (unpaired) electrons. The molecule has 1 aromatic carbocycles. The van der Waals surface area contributed by atoms with Gasteiger partial charge in [0.15, 0.2) is 0 Å². The standard InChI is InChI=1S/C14H19NO3/c1-3-18-14(16)15-9-8-11(10-15)12-6-4-5-7-13(12)17-2/h4-7,11H,3,8-10H2,1-2H3. The average molecular weight is 249 g/mol. The van der Waals surface area contributed by atoms with Gasteiger partial charge in [0.2, 0.25) is 0 Å². The van der Waals surface area contributed by atoms with E-state index in [4.69, 9.17) is 9.47 Å². The number of amides is 1.